The van der Waals surface area contributed by atoms with Gasteiger partial charge in [-0.3, -0.25) is 19.3 Å². The first-order chi connectivity index (χ1) is 19.5. The van der Waals surface area contributed by atoms with Gasteiger partial charge in [0.1, 0.15) is 17.7 Å². The zero-order valence-electron chi connectivity index (χ0n) is 26.5. The minimum absolute atomic E-state index is 0.0330. The van der Waals surface area contributed by atoms with Gasteiger partial charge in [0.25, 0.3) is 0 Å². The van der Waals surface area contributed by atoms with Crippen molar-refractivity contribution < 1.29 is 38.9 Å². The van der Waals surface area contributed by atoms with Crippen molar-refractivity contribution in [3.05, 3.63) is 35.9 Å². The second-order valence-corrected chi connectivity index (χ2v) is 12.3. The molecule has 0 heterocycles. The molecule has 0 bridgehead atoms. The number of hydrogen-bond acceptors (Lipinski definition) is 7. The lowest BCUT2D eigenvalue weighted by molar-refractivity contribution is -0.141. The highest BCUT2D eigenvalue weighted by Gasteiger charge is 2.37. The predicted molar refractivity (Wildman–Crippen MR) is 160 cm³/mol. The molecule has 238 valence electrons. The molecule has 0 saturated heterocycles. The van der Waals surface area contributed by atoms with Gasteiger partial charge in [0.05, 0.1) is 31.3 Å². The van der Waals surface area contributed by atoms with Gasteiger partial charge in [-0.2, -0.15) is 0 Å². The zero-order chi connectivity index (χ0) is 32.2. The molecule has 1 rings (SSSR count). The molecule has 0 saturated carbocycles. The zero-order valence-corrected chi connectivity index (χ0v) is 26.5. The number of rotatable bonds is 16. The molecular weight excluding hydrogens is 542 g/mol. The van der Waals surface area contributed by atoms with Crippen LogP contribution in [0.1, 0.15) is 80.2 Å². The van der Waals surface area contributed by atoms with Crippen molar-refractivity contribution >= 4 is 23.9 Å². The maximum atomic E-state index is 13.7. The van der Waals surface area contributed by atoms with E-state index in [1.165, 1.54) is 11.9 Å². The number of aliphatic carboxylic acids is 1. The van der Waals surface area contributed by atoms with E-state index in [1.54, 1.807) is 34.6 Å². The van der Waals surface area contributed by atoms with Crippen LogP contribution >= 0.6 is 0 Å². The number of likely N-dealkylation sites (N-methyl/N-ethyl adjacent to an activating group) is 1. The monoisotopic (exact) mass is 593 g/mol. The molecule has 0 radical (unpaired) electrons. The van der Waals surface area contributed by atoms with Crippen LogP contribution in [0.5, 0.6) is 0 Å². The molecule has 0 aromatic heterocycles. The predicted octanol–water partition coefficient (Wildman–Crippen LogP) is 3.72. The number of aliphatic hydroxyl groups excluding tert-OH is 1. The van der Waals surface area contributed by atoms with Crippen molar-refractivity contribution in [3.63, 3.8) is 0 Å². The standard InChI is InChI=1S/C31H51N3O8/c1-10-20(4)26(24(35)17-25(36)37)32-29(39)27(21(5)41-18-22-14-12-11-13-15-22)33-28(38)23(16-19(2)3)34(9)30(40)42-31(6,7)8/h11-15,19-21,23-24,26-27,35H,10,16-18H2,1-9H3,(H,32,39)(H,33,38)(H,36,37)/t20-,21+,23+,24-,26+,27-/m0/s1. The van der Waals surface area contributed by atoms with Crippen LogP contribution in [0.3, 0.4) is 0 Å². The summed E-state index contributed by atoms with van der Waals surface area (Å²) < 4.78 is 11.5. The van der Waals surface area contributed by atoms with E-state index < -0.39 is 66.2 Å². The van der Waals surface area contributed by atoms with Crippen LogP contribution in [-0.2, 0) is 30.5 Å². The third-order valence-electron chi connectivity index (χ3n) is 6.92. The van der Waals surface area contributed by atoms with Crippen LogP contribution in [-0.4, -0.2) is 82.0 Å². The molecule has 0 aliphatic rings. The number of carboxylic acids is 1. The minimum Gasteiger partial charge on any atom is -0.481 e. The smallest absolute Gasteiger partial charge is 0.410 e. The van der Waals surface area contributed by atoms with E-state index >= 15 is 0 Å². The van der Waals surface area contributed by atoms with Crippen molar-refractivity contribution in [2.24, 2.45) is 11.8 Å². The van der Waals surface area contributed by atoms with Gasteiger partial charge in [0.15, 0.2) is 0 Å². The van der Waals surface area contributed by atoms with Crippen molar-refractivity contribution in [1.82, 2.24) is 15.5 Å². The Morgan fingerprint density at radius 3 is 2.07 bits per heavy atom. The summed E-state index contributed by atoms with van der Waals surface area (Å²) in [5.41, 5.74) is 0.0975. The molecule has 1 aromatic rings. The van der Waals surface area contributed by atoms with E-state index in [1.807, 2.05) is 51.1 Å². The molecule has 0 unspecified atom stereocenters. The number of amides is 3. The summed E-state index contributed by atoms with van der Waals surface area (Å²) in [6.45, 7) is 14.5. The lowest BCUT2D eigenvalue weighted by Gasteiger charge is -2.34. The van der Waals surface area contributed by atoms with E-state index in [0.717, 1.165) is 5.56 Å². The summed E-state index contributed by atoms with van der Waals surface area (Å²) in [6, 6.07) is 6.29. The Labute approximate surface area is 250 Å². The van der Waals surface area contributed by atoms with Crippen LogP contribution in [0.4, 0.5) is 4.79 Å². The molecule has 11 nitrogen and oxygen atoms in total. The van der Waals surface area contributed by atoms with Crippen molar-refractivity contribution in [2.75, 3.05) is 7.05 Å². The summed E-state index contributed by atoms with van der Waals surface area (Å²) in [5, 5.41) is 25.4. The molecule has 42 heavy (non-hydrogen) atoms. The van der Waals surface area contributed by atoms with E-state index in [-0.39, 0.29) is 18.4 Å². The van der Waals surface area contributed by atoms with Crippen molar-refractivity contribution in [3.8, 4) is 0 Å². The molecule has 1 aromatic carbocycles. The fraction of sp³-hybridized carbons (Fsp3) is 0.677. The Kier molecular flexibility index (Phi) is 15.0. The highest BCUT2D eigenvalue weighted by molar-refractivity contribution is 5.91. The average molecular weight is 594 g/mol. The van der Waals surface area contributed by atoms with E-state index in [0.29, 0.717) is 12.8 Å². The highest BCUT2D eigenvalue weighted by Crippen LogP contribution is 2.18. The molecule has 4 N–H and O–H groups in total. The Morgan fingerprint density at radius 2 is 1.57 bits per heavy atom. The van der Waals surface area contributed by atoms with Gasteiger partial charge >= 0.3 is 12.1 Å². The largest absolute Gasteiger partial charge is 0.481 e. The third-order valence-corrected chi connectivity index (χ3v) is 6.92. The highest BCUT2D eigenvalue weighted by atomic mass is 16.6. The van der Waals surface area contributed by atoms with Crippen LogP contribution in [0.15, 0.2) is 30.3 Å². The Bertz CT molecular complexity index is 1010. The first kappa shape index (κ1) is 36.8. The average Bonchev–Trinajstić information content (AvgIpc) is 2.89. The summed E-state index contributed by atoms with van der Waals surface area (Å²) in [4.78, 5) is 52.8. The van der Waals surface area contributed by atoms with Crippen LogP contribution < -0.4 is 10.6 Å². The fourth-order valence-corrected chi connectivity index (χ4v) is 4.32. The molecule has 0 fully saturated rings. The second kappa shape index (κ2) is 17.1. The summed E-state index contributed by atoms with van der Waals surface area (Å²) in [6.07, 6.45) is -2.52. The molecule has 0 aliphatic heterocycles. The van der Waals surface area contributed by atoms with Gasteiger partial charge in [0.2, 0.25) is 11.8 Å². The number of carboxylic acid groups (broad SMARTS) is 1. The topological polar surface area (TPSA) is 154 Å². The molecule has 3 amide bonds. The number of benzene rings is 1. The van der Waals surface area contributed by atoms with Gasteiger partial charge in [-0.15, -0.1) is 0 Å². The van der Waals surface area contributed by atoms with Gasteiger partial charge in [0, 0.05) is 7.05 Å². The van der Waals surface area contributed by atoms with Gasteiger partial charge in [-0.05, 0) is 51.5 Å². The fourth-order valence-electron chi connectivity index (χ4n) is 4.32. The van der Waals surface area contributed by atoms with Crippen LogP contribution in [0, 0.1) is 11.8 Å². The molecule has 0 spiro atoms. The Morgan fingerprint density at radius 1 is 0.976 bits per heavy atom. The molecule has 0 aliphatic carbocycles. The van der Waals surface area contributed by atoms with Gasteiger partial charge in [-0.25, -0.2) is 4.79 Å². The number of ether oxygens (including phenoxy) is 2. The van der Waals surface area contributed by atoms with Crippen LogP contribution in [0.25, 0.3) is 0 Å². The minimum atomic E-state index is -1.34. The first-order valence-electron chi connectivity index (χ1n) is 14.6. The number of hydrogen-bond donors (Lipinski definition) is 4. The Balaban J connectivity index is 3.33. The van der Waals surface area contributed by atoms with Crippen LogP contribution in [0.2, 0.25) is 0 Å². The molecule has 11 heteroatoms. The second-order valence-electron chi connectivity index (χ2n) is 12.3. The summed E-state index contributed by atoms with van der Waals surface area (Å²) in [5.74, 6) is -2.63. The summed E-state index contributed by atoms with van der Waals surface area (Å²) >= 11 is 0. The number of carbonyl (C=O) groups is 4. The quantitative estimate of drug-likeness (QED) is 0.226. The SMILES string of the molecule is CC[C@H](C)[C@@H](NC(=O)[C@@H](NC(=O)[C@@H](CC(C)C)N(C)C(=O)OC(C)(C)C)[C@@H](C)OCc1ccccc1)[C@@H](O)CC(=O)O. The number of nitrogens with zero attached hydrogens (tertiary/aromatic N) is 1. The van der Waals surface area contributed by atoms with Crippen molar-refractivity contribution in [2.45, 2.75) is 117 Å². The van der Waals surface area contributed by atoms with Crippen molar-refractivity contribution in [1.29, 1.82) is 0 Å². The number of nitrogens with one attached hydrogen (secondary N) is 2. The normalized spacial score (nSPS) is 16.0. The number of carbonyl (C=O) groups excluding carboxylic acids is 3. The van der Waals surface area contributed by atoms with E-state index in [2.05, 4.69) is 10.6 Å². The third kappa shape index (κ3) is 12.8. The lowest BCUT2D eigenvalue weighted by atomic mass is 9.92. The Hall–Kier alpha value is -3.18. The van der Waals surface area contributed by atoms with Gasteiger partial charge in [-0.1, -0.05) is 64.4 Å². The summed E-state index contributed by atoms with van der Waals surface area (Å²) in [7, 11) is 1.48. The maximum absolute atomic E-state index is 13.7. The number of aliphatic hydroxyl groups is 1. The maximum Gasteiger partial charge on any atom is 0.410 e. The lowest BCUT2D eigenvalue weighted by Crippen LogP contribution is -2.61. The van der Waals surface area contributed by atoms with E-state index in [4.69, 9.17) is 9.47 Å². The van der Waals surface area contributed by atoms with E-state index in [9.17, 15) is 29.4 Å². The molecular formula is C31H51N3O8. The van der Waals surface area contributed by atoms with Gasteiger partial charge < -0.3 is 30.3 Å². The molecule has 6 atom stereocenters. The first-order valence-corrected chi connectivity index (χ1v) is 14.6.